The first-order valence-corrected chi connectivity index (χ1v) is 11.4. The SMILES string of the molecule is C=CCn1c(SCC(=O)Nc2cc(C(C)(C)C)nn2C)nc2sc(C)c(C)c2c1=O. The lowest BCUT2D eigenvalue weighted by Gasteiger charge is -2.13. The molecular formula is C21H27N5O2S2. The van der Waals surface area contributed by atoms with Gasteiger partial charge in [-0.3, -0.25) is 18.8 Å². The molecule has 0 unspecified atom stereocenters. The Labute approximate surface area is 184 Å². The van der Waals surface area contributed by atoms with Crippen molar-refractivity contribution in [3.05, 3.63) is 45.2 Å². The molecule has 3 heterocycles. The Bertz CT molecular complexity index is 1180. The van der Waals surface area contributed by atoms with Crippen LogP contribution < -0.4 is 10.9 Å². The van der Waals surface area contributed by atoms with Crippen molar-refractivity contribution in [2.45, 2.75) is 51.7 Å². The zero-order valence-corrected chi connectivity index (χ0v) is 19.8. The van der Waals surface area contributed by atoms with Crippen molar-refractivity contribution < 1.29 is 4.79 Å². The Morgan fingerprint density at radius 3 is 2.67 bits per heavy atom. The molecule has 3 rings (SSSR count). The van der Waals surface area contributed by atoms with Gasteiger partial charge in [0, 0.05) is 30.0 Å². The van der Waals surface area contributed by atoms with Crippen LogP contribution in [0, 0.1) is 13.8 Å². The maximum Gasteiger partial charge on any atom is 0.263 e. The Balaban J connectivity index is 1.82. The molecule has 0 aliphatic carbocycles. The van der Waals surface area contributed by atoms with Gasteiger partial charge < -0.3 is 5.32 Å². The summed E-state index contributed by atoms with van der Waals surface area (Å²) in [5, 5.41) is 8.54. The number of nitrogens with one attached hydrogen (secondary N) is 1. The minimum Gasteiger partial charge on any atom is -0.310 e. The molecule has 0 saturated carbocycles. The quantitative estimate of drug-likeness (QED) is 0.352. The number of thioether (sulfide) groups is 1. The molecule has 0 spiro atoms. The number of fused-ring (bicyclic) bond motifs is 1. The highest BCUT2D eigenvalue weighted by molar-refractivity contribution is 7.99. The number of aryl methyl sites for hydroxylation is 3. The van der Waals surface area contributed by atoms with Gasteiger partial charge >= 0.3 is 0 Å². The second-order valence-corrected chi connectivity index (χ2v) is 10.3. The summed E-state index contributed by atoms with van der Waals surface area (Å²) < 4.78 is 3.24. The summed E-state index contributed by atoms with van der Waals surface area (Å²) in [5.41, 5.74) is 1.67. The van der Waals surface area contributed by atoms with Crippen LogP contribution in [0.15, 0.2) is 28.7 Å². The lowest BCUT2D eigenvalue weighted by molar-refractivity contribution is -0.113. The predicted octanol–water partition coefficient (Wildman–Crippen LogP) is 4.02. The Kier molecular flexibility index (Phi) is 6.24. The summed E-state index contributed by atoms with van der Waals surface area (Å²) in [4.78, 5) is 32.0. The topological polar surface area (TPSA) is 81.8 Å². The first-order valence-electron chi connectivity index (χ1n) is 9.61. The van der Waals surface area contributed by atoms with E-state index in [1.165, 1.54) is 23.1 Å². The highest BCUT2D eigenvalue weighted by atomic mass is 32.2. The van der Waals surface area contributed by atoms with E-state index in [0.717, 1.165) is 16.1 Å². The number of carbonyl (C=O) groups excluding carboxylic acids is 1. The molecule has 0 fully saturated rings. The molecule has 0 atom stereocenters. The molecule has 0 aliphatic rings. The third-order valence-corrected chi connectivity index (χ3v) is 6.89. The average Bonchev–Trinajstić information content (AvgIpc) is 3.16. The van der Waals surface area contributed by atoms with Crippen molar-refractivity contribution in [1.82, 2.24) is 19.3 Å². The molecule has 3 aromatic heterocycles. The van der Waals surface area contributed by atoms with Crippen LogP contribution in [-0.2, 0) is 23.8 Å². The van der Waals surface area contributed by atoms with E-state index in [-0.39, 0.29) is 22.6 Å². The fourth-order valence-electron chi connectivity index (χ4n) is 2.97. The van der Waals surface area contributed by atoms with Crippen molar-refractivity contribution in [3.8, 4) is 0 Å². The van der Waals surface area contributed by atoms with Crippen LogP contribution in [-0.4, -0.2) is 31.0 Å². The Morgan fingerprint density at radius 1 is 1.37 bits per heavy atom. The molecule has 1 amide bonds. The van der Waals surface area contributed by atoms with Crippen molar-refractivity contribution in [2.75, 3.05) is 11.1 Å². The van der Waals surface area contributed by atoms with E-state index in [4.69, 9.17) is 0 Å². The summed E-state index contributed by atoms with van der Waals surface area (Å²) in [6.45, 7) is 14.2. The number of nitrogens with zero attached hydrogens (tertiary/aromatic N) is 4. The average molecular weight is 446 g/mol. The Hall–Kier alpha value is -2.39. The van der Waals surface area contributed by atoms with Gasteiger partial charge in [-0.15, -0.1) is 17.9 Å². The molecule has 7 nitrogen and oxygen atoms in total. The van der Waals surface area contributed by atoms with Crippen LogP contribution in [0.3, 0.4) is 0 Å². The normalized spacial score (nSPS) is 11.8. The second-order valence-electron chi connectivity index (χ2n) is 8.19. The van der Waals surface area contributed by atoms with Gasteiger partial charge in [-0.1, -0.05) is 38.6 Å². The van der Waals surface area contributed by atoms with E-state index in [1.807, 2.05) is 19.9 Å². The van der Waals surface area contributed by atoms with Gasteiger partial charge in [-0.05, 0) is 19.4 Å². The molecule has 9 heteroatoms. The van der Waals surface area contributed by atoms with Crippen molar-refractivity contribution in [2.24, 2.45) is 7.05 Å². The number of carbonyl (C=O) groups is 1. The molecule has 3 aromatic rings. The summed E-state index contributed by atoms with van der Waals surface area (Å²) in [7, 11) is 1.80. The molecule has 160 valence electrons. The van der Waals surface area contributed by atoms with E-state index in [1.54, 1.807) is 22.4 Å². The van der Waals surface area contributed by atoms with Gasteiger partial charge in [0.25, 0.3) is 5.56 Å². The van der Waals surface area contributed by atoms with Gasteiger partial charge in [0.05, 0.1) is 16.8 Å². The summed E-state index contributed by atoms with van der Waals surface area (Å²) >= 11 is 2.75. The maximum atomic E-state index is 13.0. The van der Waals surface area contributed by atoms with E-state index >= 15 is 0 Å². The predicted molar refractivity (Wildman–Crippen MR) is 125 cm³/mol. The third kappa shape index (κ3) is 4.37. The van der Waals surface area contributed by atoms with Crippen LogP contribution in [0.25, 0.3) is 10.2 Å². The van der Waals surface area contributed by atoms with Crippen LogP contribution in [0.1, 0.15) is 36.9 Å². The lowest BCUT2D eigenvalue weighted by atomic mass is 9.92. The third-order valence-electron chi connectivity index (χ3n) is 4.81. The number of allylic oxidation sites excluding steroid dienone is 1. The number of anilines is 1. The molecule has 30 heavy (non-hydrogen) atoms. The van der Waals surface area contributed by atoms with Crippen LogP contribution in [0.2, 0.25) is 0 Å². The summed E-state index contributed by atoms with van der Waals surface area (Å²) in [5.74, 6) is 0.595. The number of hydrogen-bond acceptors (Lipinski definition) is 6. The lowest BCUT2D eigenvalue weighted by Crippen LogP contribution is -2.24. The fourth-order valence-corrected chi connectivity index (χ4v) is 4.85. The standard InChI is InChI=1S/C21H27N5O2S2/c1-8-9-26-19(28)17-12(2)13(3)30-18(17)23-20(26)29-11-16(27)22-15-10-14(21(4,5)6)24-25(15)7/h8,10H,1,9,11H2,2-7H3,(H,22,27). The first-order chi connectivity index (χ1) is 14.0. The summed E-state index contributed by atoms with van der Waals surface area (Å²) in [6, 6.07) is 1.89. The molecule has 0 aromatic carbocycles. The van der Waals surface area contributed by atoms with E-state index in [0.29, 0.717) is 27.7 Å². The van der Waals surface area contributed by atoms with E-state index in [2.05, 4.69) is 42.7 Å². The highest BCUT2D eigenvalue weighted by Gasteiger charge is 2.20. The van der Waals surface area contributed by atoms with Gasteiger partial charge in [0.15, 0.2) is 5.16 Å². The zero-order chi connectivity index (χ0) is 22.2. The van der Waals surface area contributed by atoms with Crippen molar-refractivity contribution in [1.29, 1.82) is 0 Å². The zero-order valence-electron chi connectivity index (χ0n) is 18.2. The number of thiophene rings is 1. The van der Waals surface area contributed by atoms with Gasteiger partial charge in [0.1, 0.15) is 10.6 Å². The maximum absolute atomic E-state index is 13.0. The monoisotopic (exact) mass is 445 g/mol. The van der Waals surface area contributed by atoms with Crippen molar-refractivity contribution >= 4 is 45.0 Å². The van der Waals surface area contributed by atoms with Crippen LogP contribution >= 0.6 is 23.1 Å². The van der Waals surface area contributed by atoms with Crippen molar-refractivity contribution in [3.63, 3.8) is 0 Å². The number of amides is 1. The summed E-state index contributed by atoms with van der Waals surface area (Å²) in [6.07, 6.45) is 1.66. The number of rotatable bonds is 6. The van der Waals surface area contributed by atoms with E-state index < -0.39 is 0 Å². The molecular weight excluding hydrogens is 418 g/mol. The molecule has 0 aliphatic heterocycles. The highest BCUT2D eigenvalue weighted by Crippen LogP contribution is 2.28. The smallest absolute Gasteiger partial charge is 0.263 e. The van der Waals surface area contributed by atoms with Crippen LogP contribution in [0.5, 0.6) is 0 Å². The Morgan fingerprint density at radius 2 is 2.07 bits per heavy atom. The van der Waals surface area contributed by atoms with Gasteiger partial charge in [-0.25, -0.2) is 4.98 Å². The molecule has 0 saturated heterocycles. The van der Waals surface area contributed by atoms with Gasteiger partial charge in [-0.2, -0.15) is 5.10 Å². The second kappa shape index (κ2) is 8.39. The fraction of sp³-hybridized carbons (Fsp3) is 0.429. The largest absolute Gasteiger partial charge is 0.310 e. The minimum atomic E-state index is -0.179. The molecule has 0 radical (unpaired) electrons. The van der Waals surface area contributed by atoms with Gasteiger partial charge in [0.2, 0.25) is 5.91 Å². The minimum absolute atomic E-state index is 0.0916. The molecule has 0 bridgehead atoms. The van der Waals surface area contributed by atoms with E-state index in [9.17, 15) is 9.59 Å². The van der Waals surface area contributed by atoms with Crippen LogP contribution in [0.4, 0.5) is 5.82 Å². The molecule has 1 N–H and O–H groups in total. The number of hydrogen-bond donors (Lipinski definition) is 1. The number of aromatic nitrogens is 4. The first kappa shape index (κ1) is 22.3.